The molecule has 0 atom stereocenters. The van der Waals surface area contributed by atoms with Gasteiger partial charge in [0.25, 0.3) is 0 Å². The third kappa shape index (κ3) is 4.33. The molecule has 0 aliphatic carbocycles. The molecule has 3 aromatic heterocycles. The zero-order valence-electron chi connectivity index (χ0n) is 20.3. The number of amides is 1. The highest BCUT2D eigenvalue weighted by atomic mass is 16.2. The number of fused-ring (bicyclic) bond motifs is 1. The maximum absolute atomic E-state index is 13.1. The molecule has 1 saturated heterocycles. The van der Waals surface area contributed by atoms with Gasteiger partial charge in [-0.05, 0) is 38.0 Å². The molecular weight excluding hydrogens is 426 g/mol. The van der Waals surface area contributed by atoms with E-state index >= 15 is 0 Å². The van der Waals surface area contributed by atoms with Crippen molar-refractivity contribution in [1.29, 1.82) is 0 Å². The summed E-state index contributed by atoms with van der Waals surface area (Å²) in [5.74, 6) is 0.0874. The van der Waals surface area contributed by atoms with Crippen molar-refractivity contribution < 1.29 is 4.79 Å². The summed E-state index contributed by atoms with van der Waals surface area (Å²) in [6.45, 7) is 10.4. The predicted octanol–water partition coefficient (Wildman–Crippen LogP) is 3.10. The molecule has 0 bridgehead atoms. The van der Waals surface area contributed by atoms with Crippen LogP contribution in [0.2, 0.25) is 0 Å². The second-order valence-electron chi connectivity index (χ2n) is 9.24. The van der Waals surface area contributed by atoms with Crippen molar-refractivity contribution in [3.05, 3.63) is 65.2 Å². The van der Waals surface area contributed by atoms with Crippen LogP contribution in [0, 0.1) is 20.8 Å². The highest BCUT2D eigenvalue weighted by Crippen LogP contribution is 2.30. The van der Waals surface area contributed by atoms with Crippen LogP contribution in [0.3, 0.4) is 0 Å². The number of benzene rings is 1. The number of rotatable bonds is 5. The lowest BCUT2D eigenvalue weighted by molar-refractivity contribution is -0.133. The first-order valence-electron chi connectivity index (χ1n) is 11.8. The summed E-state index contributed by atoms with van der Waals surface area (Å²) in [5.41, 5.74) is 7.42. The van der Waals surface area contributed by atoms with Gasteiger partial charge < -0.3 is 4.90 Å². The number of carbonyl (C=O) groups is 1. The molecule has 1 fully saturated rings. The Morgan fingerprint density at radius 2 is 1.79 bits per heavy atom. The van der Waals surface area contributed by atoms with Gasteiger partial charge in [-0.1, -0.05) is 29.8 Å². The van der Waals surface area contributed by atoms with Gasteiger partial charge in [-0.25, -0.2) is 9.67 Å². The Morgan fingerprint density at radius 1 is 1.00 bits per heavy atom. The van der Waals surface area contributed by atoms with Crippen LogP contribution in [0.15, 0.2) is 42.7 Å². The minimum atomic E-state index is 0.0874. The van der Waals surface area contributed by atoms with Gasteiger partial charge in [-0.3, -0.25) is 14.4 Å². The number of hydrogen-bond donors (Lipinski definition) is 0. The molecular formula is C26H31N7O. The highest BCUT2D eigenvalue weighted by Gasteiger charge is 2.24. The molecule has 34 heavy (non-hydrogen) atoms. The van der Waals surface area contributed by atoms with Gasteiger partial charge in [-0.15, -0.1) is 0 Å². The number of piperazine rings is 1. The first-order valence-corrected chi connectivity index (χ1v) is 11.8. The van der Waals surface area contributed by atoms with Crippen LogP contribution in [0.25, 0.3) is 22.2 Å². The molecule has 1 aliphatic rings. The monoisotopic (exact) mass is 457 g/mol. The lowest BCUT2D eigenvalue weighted by Crippen LogP contribution is -2.49. The molecule has 4 heterocycles. The van der Waals surface area contributed by atoms with Crippen molar-refractivity contribution in [2.24, 2.45) is 7.05 Å². The molecule has 1 amide bonds. The average molecular weight is 458 g/mol. The first kappa shape index (κ1) is 22.3. The van der Waals surface area contributed by atoms with Crippen molar-refractivity contribution in [3.8, 4) is 11.1 Å². The van der Waals surface area contributed by atoms with Gasteiger partial charge in [0.1, 0.15) is 6.54 Å². The SMILES string of the molecule is Cc1cccc(-c2ccnc3c2c(C)nn3CC(=O)N2CCN(Cc3cn(C)nc3C)CC2)c1. The zero-order chi connectivity index (χ0) is 23.8. The summed E-state index contributed by atoms with van der Waals surface area (Å²) in [5, 5.41) is 10.1. The first-order chi connectivity index (χ1) is 16.4. The van der Waals surface area contributed by atoms with Crippen LogP contribution in [0.4, 0.5) is 0 Å². The summed E-state index contributed by atoms with van der Waals surface area (Å²) in [4.78, 5) is 22.1. The summed E-state index contributed by atoms with van der Waals surface area (Å²) in [7, 11) is 1.95. The van der Waals surface area contributed by atoms with Crippen molar-refractivity contribution in [2.75, 3.05) is 26.2 Å². The predicted molar refractivity (Wildman–Crippen MR) is 132 cm³/mol. The van der Waals surface area contributed by atoms with E-state index in [0.717, 1.165) is 66.3 Å². The van der Waals surface area contributed by atoms with Crippen molar-refractivity contribution in [3.63, 3.8) is 0 Å². The standard InChI is InChI=1S/C26H31N7O/c1-18-6-5-7-21(14-18)23-8-9-27-26-25(23)20(3)29-33(26)17-24(34)32-12-10-31(11-13-32)16-22-15-30(4)28-19(22)2/h5-9,14-15H,10-13,16-17H2,1-4H3. The van der Waals surface area contributed by atoms with Crippen LogP contribution in [0.1, 0.15) is 22.5 Å². The molecule has 0 radical (unpaired) electrons. The summed E-state index contributed by atoms with van der Waals surface area (Å²) in [6, 6.07) is 10.5. The van der Waals surface area contributed by atoms with Crippen LogP contribution in [-0.4, -0.2) is 66.4 Å². The largest absolute Gasteiger partial charge is 0.339 e. The van der Waals surface area contributed by atoms with Gasteiger partial charge in [0.2, 0.25) is 5.91 Å². The Bertz CT molecular complexity index is 1340. The second kappa shape index (κ2) is 9.02. The maximum Gasteiger partial charge on any atom is 0.244 e. The fourth-order valence-corrected chi connectivity index (χ4v) is 4.87. The molecule has 0 saturated carbocycles. The topological polar surface area (TPSA) is 72.1 Å². The molecule has 0 spiro atoms. The smallest absolute Gasteiger partial charge is 0.244 e. The van der Waals surface area contributed by atoms with Crippen LogP contribution in [-0.2, 0) is 24.9 Å². The number of nitrogens with zero attached hydrogens (tertiary/aromatic N) is 7. The Kier molecular flexibility index (Phi) is 5.91. The Balaban J connectivity index is 1.29. The number of pyridine rings is 1. The summed E-state index contributed by atoms with van der Waals surface area (Å²) >= 11 is 0. The van der Waals surface area contributed by atoms with Crippen LogP contribution >= 0.6 is 0 Å². The second-order valence-corrected chi connectivity index (χ2v) is 9.24. The van der Waals surface area contributed by atoms with Gasteiger partial charge in [0.05, 0.1) is 11.4 Å². The number of aryl methyl sites for hydroxylation is 4. The van der Waals surface area contributed by atoms with E-state index < -0.39 is 0 Å². The molecule has 1 aromatic carbocycles. The summed E-state index contributed by atoms with van der Waals surface area (Å²) < 4.78 is 3.62. The molecule has 5 rings (SSSR count). The van der Waals surface area contributed by atoms with E-state index in [1.807, 2.05) is 36.5 Å². The number of carbonyl (C=O) groups excluding carboxylic acids is 1. The van der Waals surface area contributed by atoms with E-state index in [2.05, 4.69) is 52.4 Å². The minimum Gasteiger partial charge on any atom is -0.339 e. The van der Waals surface area contributed by atoms with Gasteiger partial charge in [0, 0.05) is 63.1 Å². The highest BCUT2D eigenvalue weighted by molar-refractivity contribution is 5.95. The Morgan fingerprint density at radius 3 is 2.50 bits per heavy atom. The lowest BCUT2D eigenvalue weighted by atomic mass is 10.0. The van der Waals surface area contributed by atoms with E-state index in [1.165, 1.54) is 11.1 Å². The molecule has 0 unspecified atom stereocenters. The molecule has 0 N–H and O–H groups in total. The fraction of sp³-hybridized carbons (Fsp3) is 0.385. The van der Waals surface area contributed by atoms with E-state index in [9.17, 15) is 4.79 Å². The average Bonchev–Trinajstić information content (AvgIpc) is 3.31. The Hall–Kier alpha value is -3.52. The third-order valence-corrected chi connectivity index (χ3v) is 6.66. The van der Waals surface area contributed by atoms with Crippen LogP contribution < -0.4 is 0 Å². The van der Waals surface area contributed by atoms with Crippen molar-refractivity contribution in [1.82, 2.24) is 34.3 Å². The quantitative estimate of drug-likeness (QED) is 0.461. The van der Waals surface area contributed by atoms with E-state index in [-0.39, 0.29) is 12.5 Å². The van der Waals surface area contributed by atoms with E-state index in [4.69, 9.17) is 5.10 Å². The van der Waals surface area contributed by atoms with E-state index in [0.29, 0.717) is 0 Å². The Labute approximate surface area is 199 Å². The fourth-order valence-electron chi connectivity index (χ4n) is 4.87. The minimum absolute atomic E-state index is 0.0874. The molecule has 8 nitrogen and oxygen atoms in total. The maximum atomic E-state index is 13.1. The van der Waals surface area contributed by atoms with Gasteiger partial charge in [0.15, 0.2) is 5.65 Å². The van der Waals surface area contributed by atoms with Crippen molar-refractivity contribution in [2.45, 2.75) is 33.9 Å². The molecule has 8 heteroatoms. The number of hydrogen-bond acceptors (Lipinski definition) is 5. The molecule has 1 aliphatic heterocycles. The van der Waals surface area contributed by atoms with Crippen molar-refractivity contribution >= 4 is 16.9 Å². The van der Waals surface area contributed by atoms with Gasteiger partial charge in [-0.2, -0.15) is 10.2 Å². The molecule has 4 aromatic rings. The molecule has 176 valence electrons. The number of aromatic nitrogens is 5. The zero-order valence-corrected chi connectivity index (χ0v) is 20.3. The van der Waals surface area contributed by atoms with Crippen LogP contribution in [0.5, 0.6) is 0 Å². The van der Waals surface area contributed by atoms with Gasteiger partial charge >= 0.3 is 0 Å². The lowest BCUT2D eigenvalue weighted by Gasteiger charge is -2.34. The third-order valence-electron chi connectivity index (χ3n) is 6.66. The normalized spacial score (nSPS) is 14.8. The summed E-state index contributed by atoms with van der Waals surface area (Å²) in [6.07, 6.45) is 3.89. The van der Waals surface area contributed by atoms with E-state index in [1.54, 1.807) is 10.9 Å².